The van der Waals surface area contributed by atoms with E-state index in [0.717, 1.165) is 11.6 Å². The second-order valence-corrected chi connectivity index (χ2v) is 11.1. The van der Waals surface area contributed by atoms with Crippen molar-refractivity contribution in [2.75, 3.05) is 5.32 Å². The maximum Gasteiger partial charge on any atom is 0.231 e. The lowest BCUT2D eigenvalue weighted by molar-refractivity contribution is -0.117. The third-order valence-corrected chi connectivity index (χ3v) is 8.20. The van der Waals surface area contributed by atoms with E-state index < -0.39 is 33.7 Å². The van der Waals surface area contributed by atoms with Gasteiger partial charge in [0, 0.05) is 28.1 Å². The first kappa shape index (κ1) is 25.9. The van der Waals surface area contributed by atoms with Crippen molar-refractivity contribution in [3.63, 3.8) is 0 Å². The van der Waals surface area contributed by atoms with Gasteiger partial charge in [0.15, 0.2) is 5.78 Å². The third kappa shape index (κ3) is 5.35. The molecule has 1 amide bonds. The average molecular weight is 615 g/mol. The fourth-order valence-corrected chi connectivity index (χ4v) is 5.45. The van der Waals surface area contributed by atoms with Gasteiger partial charge in [-0.05, 0) is 69.5 Å². The van der Waals surface area contributed by atoms with E-state index in [-0.39, 0.29) is 22.6 Å². The summed E-state index contributed by atoms with van der Waals surface area (Å²) in [6.45, 7) is 0. The van der Waals surface area contributed by atoms with Crippen molar-refractivity contribution in [1.82, 2.24) is 0 Å². The zero-order chi connectivity index (χ0) is 25.5. The number of alkyl halides is 2. The van der Waals surface area contributed by atoms with Crippen LogP contribution < -0.4 is 5.32 Å². The second-order valence-electron chi connectivity index (χ2n) is 8.00. The first-order valence-corrected chi connectivity index (χ1v) is 12.5. The van der Waals surface area contributed by atoms with Crippen LogP contribution in [-0.4, -0.2) is 16.0 Å². The molecule has 3 aromatic carbocycles. The Labute approximate surface area is 229 Å². The number of carbonyl (C=O) groups excluding carboxylic acids is 2. The number of ketones is 1. The summed E-state index contributed by atoms with van der Waals surface area (Å²) in [4.78, 5) is 25.9. The van der Waals surface area contributed by atoms with E-state index >= 15 is 0 Å². The van der Waals surface area contributed by atoms with E-state index in [1.807, 2.05) is 6.07 Å². The molecule has 1 saturated carbocycles. The minimum absolute atomic E-state index is 0.0631. The first-order chi connectivity index (χ1) is 16.5. The highest BCUT2D eigenvalue weighted by atomic mass is 79.9. The van der Waals surface area contributed by atoms with Crippen molar-refractivity contribution >= 4 is 79.7 Å². The number of amides is 1. The molecular formula is C25H14BrCl4FN2O2. The summed E-state index contributed by atoms with van der Waals surface area (Å²) < 4.78 is 12.8. The predicted octanol–water partition coefficient (Wildman–Crippen LogP) is 7.72. The van der Waals surface area contributed by atoms with Crippen LogP contribution in [0.25, 0.3) is 0 Å². The van der Waals surface area contributed by atoms with Gasteiger partial charge in [-0.15, -0.1) is 23.2 Å². The molecule has 35 heavy (non-hydrogen) atoms. The molecule has 1 aliphatic carbocycles. The van der Waals surface area contributed by atoms with Gasteiger partial charge in [-0.1, -0.05) is 35.3 Å². The lowest BCUT2D eigenvalue weighted by atomic mass is 9.98. The Bertz CT molecular complexity index is 1410. The molecule has 0 radical (unpaired) electrons. The Balaban J connectivity index is 1.52. The van der Waals surface area contributed by atoms with Crippen LogP contribution >= 0.6 is 62.3 Å². The standard InChI is InChI=1S/C25H14BrCl4FN2O2/c26-18-8-13(2-5-20(18)28)22-23(25(22,29)30)24(35)33-16-4-6-19(27)17(10-16)21(34)9-12-1-3-15(31)7-14(12)11-32/h1-8,10,22-23H,9H2,(H,33,35). The maximum absolute atomic E-state index is 13.4. The molecular weight excluding hydrogens is 601 g/mol. The van der Waals surface area contributed by atoms with Gasteiger partial charge in [0.2, 0.25) is 5.91 Å². The zero-order valence-corrected chi connectivity index (χ0v) is 22.2. The van der Waals surface area contributed by atoms with Gasteiger partial charge >= 0.3 is 0 Å². The summed E-state index contributed by atoms with van der Waals surface area (Å²) in [5.74, 6) is -2.56. The Kier molecular flexibility index (Phi) is 7.47. The monoisotopic (exact) mass is 612 g/mol. The molecule has 4 nitrogen and oxygen atoms in total. The van der Waals surface area contributed by atoms with E-state index in [2.05, 4.69) is 21.2 Å². The topological polar surface area (TPSA) is 70.0 Å². The molecule has 178 valence electrons. The summed E-state index contributed by atoms with van der Waals surface area (Å²) in [6, 6.07) is 15.2. The highest BCUT2D eigenvalue weighted by molar-refractivity contribution is 9.10. The van der Waals surface area contributed by atoms with E-state index in [1.165, 1.54) is 24.3 Å². The smallest absolute Gasteiger partial charge is 0.231 e. The second kappa shape index (κ2) is 10.1. The van der Waals surface area contributed by atoms with Crippen LogP contribution in [0, 0.1) is 23.1 Å². The first-order valence-electron chi connectivity index (χ1n) is 10.2. The third-order valence-electron chi connectivity index (χ3n) is 5.72. The number of Topliss-reactive ketones (excluding diaryl/α,β-unsaturated/α-hetero) is 1. The molecule has 1 fully saturated rings. The normalized spacial score (nSPS) is 18.0. The molecule has 3 aromatic rings. The molecule has 0 saturated heterocycles. The number of anilines is 1. The quantitative estimate of drug-likeness (QED) is 0.228. The predicted molar refractivity (Wildman–Crippen MR) is 139 cm³/mol. The summed E-state index contributed by atoms with van der Waals surface area (Å²) in [5, 5.41) is 12.7. The molecule has 1 aliphatic rings. The van der Waals surface area contributed by atoms with Gasteiger partial charge in [-0.25, -0.2) is 4.39 Å². The highest BCUT2D eigenvalue weighted by Crippen LogP contribution is 2.65. The van der Waals surface area contributed by atoms with E-state index in [0.29, 0.717) is 20.7 Å². The number of hydrogen-bond donors (Lipinski definition) is 1. The van der Waals surface area contributed by atoms with Gasteiger partial charge in [-0.3, -0.25) is 9.59 Å². The Hall–Kier alpha value is -2.14. The van der Waals surface area contributed by atoms with Crippen LogP contribution in [0.1, 0.15) is 33.0 Å². The van der Waals surface area contributed by atoms with Gasteiger partial charge < -0.3 is 5.32 Å². The number of nitrogens with zero attached hydrogens (tertiary/aromatic N) is 1. The number of carbonyl (C=O) groups is 2. The number of nitriles is 1. The molecule has 0 bridgehead atoms. The van der Waals surface area contributed by atoms with Crippen molar-refractivity contribution in [2.45, 2.75) is 16.7 Å². The fourth-order valence-electron chi connectivity index (χ4n) is 3.89. The van der Waals surface area contributed by atoms with E-state index in [1.54, 1.807) is 24.3 Å². The summed E-state index contributed by atoms with van der Waals surface area (Å²) in [5.41, 5.74) is 1.66. The van der Waals surface area contributed by atoms with Crippen molar-refractivity contribution in [3.8, 4) is 6.07 Å². The molecule has 10 heteroatoms. The van der Waals surface area contributed by atoms with Crippen LogP contribution in [0.2, 0.25) is 10.0 Å². The van der Waals surface area contributed by atoms with E-state index in [9.17, 15) is 19.2 Å². The average Bonchev–Trinajstić information content (AvgIpc) is 3.39. The molecule has 4 rings (SSSR count). The van der Waals surface area contributed by atoms with Gasteiger partial charge in [-0.2, -0.15) is 5.26 Å². The van der Waals surface area contributed by atoms with Gasteiger partial charge in [0.25, 0.3) is 0 Å². The molecule has 0 spiro atoms. The molecule has 2 unspecified atom stereocenters. The maximum atomic E-state index is 13.4. The highest BCUT2D eigenvalue weighted by Gasteiger charge is 2.67. The minimum atomic E-state index is -1.31. The van der Waals surface area contributed by atoms with Crippen molar-refractivity contribution in [2.24, 2.45) is 5.92 Å². The largest absolute Gasteiger partial charge is 0.326 e. The SMILES string of the molecule is N#Cc1cc(F)ccc1CC(=O)c1cc(NC(=O)C2C(c3ccc(Cl)c(Br)c3)C2(Cl)Cl)ccc1Cl. The van der Waals surface area contributed by atoms with Crippen LogP contribution in [0.3, 0.4) is 0 Å². The number of hydrogen-bond acceptors (Lipinski definition) is 3. The van der Waals surface area contributed by atoms with Crippen LogP contribution in [0.4, 0.5) is 10.1 Å². The van der Waals surface area contributed by atoms with Crippen molar-refractivity contribution in [3.05, 3.63) is 97.2 Å². The number of nitrogens with one attached hydrogen (secondary N) is 1. The van der Waals surface area contributed by atoms with Gasteiger partial charge in [0.05, 0.1) is 27.6 Å². The molecule has 0 aromatic heterocycles. The number of rotatable bonds is 6. The van der Waals surface area contributed by atoms with Gasteiger partial charge in [0.1, 0.15) is 10.2 Å². The fraction of sp³-hybridized carbons (Fsp3) is 0.160. The molecule has 0 heterocycles. The summed E-state index contributed by atoms with van der Waals surface area (Å²) >= 11 is 28.5. The van der Waals surface area contributed by atoms with Crippen LogP contribution in [0.5, 0.6) is 0 Å². The Morgan fingerprint density at radius 2 is 1.77 bits per heavy atom. The minimum Gasteiger partial charge on any atom is -0.326 e. The summed E-state index contributed by atoms with van der Waals surface area (Å²) in [7, 11) is 0. The molecule has 0 aliphatic heterocycles. The lowest BCUT2D eigenvalue weighted by Crippen LogP contribution is -2.17. The number of halogens is 6. The Morgan fingerprint density at radius 1 is 1.06 bits per heavy atom. The van der Waals surface area contributed by atoms with Crippen LogP contribution in [0.15, 0.2) is 59.1 Å². The van der Waals surface area contributed by atoms with Crippen LogP contribution in [-0.2, 0) is 11.2 Å². The number of benzene rings is 3. The summed E-state index contributed by atoms with van der Waals surface area (Å²) in [6.07, 6.45) is -0.164. The van der Waals surface area contributed by atoms with Crippen molar-refractivity contribution in [1.29, 1.82) is 5.26 Å². The lowest BCUT2D eigenvalue weighted by Gasteiger charge is -2.10. The zero-order valence-electron chi connectivity index (χ0n) is 17.6. The molecule has 1 N–H and O–H groups in total. The molecule has 2 atom stereocenters. The van der Waals surface area contributed by atoms with Crippen molar-refractivity contribution < 1.29 is 14.0 Å². The Morgan fingerprint density at radius 3 is 2.46 bits per heavy atom. The van der Waals surface area contributed by atoms with E-state index in [4.69, 9.17) is 46.4 Å².